The van der Waals surface area contributed by atoms with E-state index in [1.54, 1.807) is 32.2 Å². The molecule has 0 amide bonds. The molecule has 4 aromatic rings. The summed E-state index contributed by atoms with van der Waals surface area (Å²) in [5.74, 6) is 3.47. The van der Waals surface area contributed by atoms with Crippen LogP contribution in [-0.2, 0) is 0 Å². The summed E-state index contributed by atoms with van der Waals surface area (Å²) in [6, 6.07) is 17.0. The van der Waals surface area contributed by atoms with Crippen LogP contribution in [0.5, 0.6) is 23.0 Å². The van der Waals surface area contributed by atoms with Crippen LogP contribution in [0.3, 0.4) is 0 Å². The van der Waals surface area contributed by atoms with Crippen molar-refractivity contribution in [2.75, 3.05) is 26.5 Å². The number of pyridine rings is 1. The van der Waals surface area contributed by atoms with Gasteiger partial charge in [0.1, 0.15) is 15.9 Å². The van der Waals surface area contributed by atoms with E-state index in [-0.39, 0.29) is 5.12 Å². The maximum atomic E-state index is 12.9. The van der Waals surface area contributed by atoms with E-state index in [4.69, 9.17) is 14.2 Å². The molecule has 166 valence electrons. The standard InChI is InChI=1S/C25H20N2O4S2/c1-29-22-13-19-20(14-23(22)30-2)26-9-8-21(19)31-16-6-7-17-15(12-16)4-3-5-18(17)24(28)33-25-27-10-11-32-25/h3-9,12-14H,10-11H2,1-2H3. The second kappa shape index (κ2) is 9.33. The van der Waals surface area contributed by atoms with Crippen LogP contribution in [-0.4, -0.2) is 41.0 Å². The van der Waals surface area contributed by atoms with Gasteiger partial charge in [-0.2, -0.15) is 0 Å². The number of carbonyl (C=O) groups excluding carboxylic acids is 1. The molecule has 0 bridgehead atoms. The second-order valence-corrected chi connectivity index (χ2v) is 9.51. The minimum Gasteiger partial charge on any atom is -0.493 e. The molecule has 1 aliphatic heterocycles. The summed E-state index contributed by atoms with van der Waals surface area (Å²) in [4.78, 5) is 21.7. The van der Waals surface area contributed by atoms with Gasteiger partial charge >= 0.3 is 0 Å². The minimum absolute atomic E-state index is 0.00332. The van der Waals surface area contributed by atoms with Gasteiger partial charge in [0, 0.05) is 29.0 Å². The second-order valence-electron chi connectivity index (χ2n) is 7.21. The Morgan fingerprint density at radius 3 is 2.61 bits per heavy atom. The number of nitrogens with zero attached hydrogens (tertiary/aromatic N) is 2. The van der Waals surface area contributed by atoms with Gasteiger partial charge in [-0.25, -0.2) is 0 Å². The van der Waals surface area contributed by atoms with Crippen LogP contribution in [0.15, 0.2) is 65.8 Å². The van der Waals surface area contributed by atoms with E-state index in [0.717, 1.165) is 38.3 Å². The van der Waals surface area contributed by atoms with Gasteiger partial charge < -0.3 is 14.2 Å². The zero-order chi connectivity index (χ0) is 22.8. The minimum atomic E-state index is 0.00332. The Kier molecular flexibility index (Phi) is 6.11. The van der Waals surface area contributed by atoms with Crippen molar-refractivity contribution < 1.29 is 19.0 Å². The third-order valence-corrected chi connectivity index (χ3v) is 7.32. The van der Waals surface area contributed by atoms with Gasteiger partial charge in [0.05, 0.1) is 26.3 Å². The van der Waals surface area contributed by atoms with E-state index in [1.165, 1.54) is 11.8 Å². The molecule has 33 heavy (non-hydrogen) atoms. The van der Waals surface area contributed by atoms with Crippen molar-refractivity contribution in [1.82, 2.24) is 4.98 Å². The summed E-state index contributed by atoms with van der Waals surface area (Å²) in [5, 5.41) is 2.63. The number of aromatic nitrogens is 1. The average molecular weight is 477 g/mol. The number of benzene rings is 3. The highest BCUT2D eigenvalue weighted by molar-refractivity contribution is 8.45. The highest BCUT2D eigenvalue weighted by Gasteiger charge is 2.17. The first-order valence-corrected chi connectivity index (χ1v) is 12.1. The van der Waals surface area contributed by atoms with E-state index >= 15 is 0 Å². The molecule has 0 fully saturated rings. The van der Waals surface area contributed by atoms with E-state index in [2.05, 4.69) is 9.98 Å². The molecular formula is C25H20N2O4S2. The molecule has 0 saturated carbocycles. The van der Waals surface area contributed by atoms with Gasteiger partial charge in [-0.1, -0.05) is 23.9 Å². The Bertz CT molecular complexity index is 1400. The number of fused-ring (bicyclic) bond motifs is 2. The molecule has 0 unspecified atom stereocenters. The lowest BCUT2D eigenvalue weighted by Crippen LogP contribution is -1.98. The van der Waals surface area contributed by atoms with E-state index in [9.17, 15) is 4.79 Å². The van der Waals surface area contributed by atoms with Crippen LogP contribution in [0.2, 0.25) is 0 Å². The van der Waals surface area contributed by atoms with Gasteiger partial charge in [-0.15, -0.1) is 0 Å². The number of rotatable bonds is 5. The highest BCUT2D eigenvalue weighted by atomic mass is 32.2. The van der Waals surface area contributed by atoms with E-state index in [1.807, 2.05) is 54.6 Å². The van der Waals surface area contributed by atoms with Crippen molar-refractivity contribution in [3.8, 4) is 23.0 Å². The van der Waals surface area contributed by atoms with Gasteiger partial charge in [-0.05, 0) is 58.9 Å². The number of methoxy groups -OCH3 is 2. The lowest BCUT2D eigenvalue weighted by Gasteiger charge is -2.13. The van der Waals surface area contributed by atoms with Crippen molar-refractivity contribution in [2.24, 2.45) is 4.99 Å². The zero-order valence-electron chi connectivity index (χ0n) is 18.0. The summed E-state index contributed by atoms with van der Waals surface area (Å²) >= 11 is 2.83. The van der Waals surface area contributed by atoms with Crippen molar-refractivity contribution >= 4 is 54.7 Å². The zero-order valence-corrected chi connectivity index (χ0v) is 19.7. The van der Waals surface area contributed by atoms with E-state index in [0.29, 0.717) is 28.6 Å². The summed E-state index contributed by atoms with van der Waals surface area (Å²) in [5.41, 5.74) is 1.41. The topological polar surface area (TPSA) is 70.0 Å². The smallest absolute Gasteiger partial charge is 0.226 e. The average Bonchev–Trinajstić information content (AvgIpc) is 3.35. The molecule has 5 rings (SSSR count). The predicted octanol–water partition coefficient (Wildman–Crippen LogP) is 6.17. The quantitative estimate of drug-likeness (QED) is 0.341. The number of carbonyl (C=O) groups is 1. The van der Waals surface area contributed by atoms with Crippen LogP contribution in [0.1, 0.15) is 10.4 Å². The molecule has 0 radical (unpaired) electrons. The molecule has 2 heterocycles. The number of hydrogen-bond donors (Lipinski definition) is 0. The van der Waals surface area contributed by atoms with Gasteiger partial charge in [-0.3, -0.25) is 14.8 Å². The monoisotopic (exact) mass is 476 g/mol. The first-order chi connectivity index (χ1) is 16.2. The molecule has 1 aliphatic rings. The van der Waals surface area contributed by atoms with Crippen molar-refractivity contribution in [2.45, 2.75) is 0 Å². The molecule has 0 saturated heterocycles. The molecule has 0 spiro atoms. The number of thioether (sulfide) groups is 2. The Morgan fingerprint density at radius 2 is 1.82 bits per heavy atom. The SMILES string of the molecule is COc1cc2nccc(Oc3ccc4c(C(=O)SC5=NCCS5)cccc4c3)c2cc1OC. The molecule has 6 nitrogen and oxygen atoms in total. The Balaban J connectivity index is 1.48. The molecule has 3 aromatic carbocycles. The van der Waals surface area contributed by atoms with Crippen LogP contribution in [0.4, 0.5) is 0 Å². The first kappa shape index (κ1) is 21.6. The summed E-state index contributed by atoms with van der Waals surface area (Å²) < 4.78 is 17.9. The number of ether oxygens (including phenoxy) is 3. The Morgan fingerprint density at radius 1 is 0.970 bits per heavy atom. The normalized spacial score (nSPS) is 13.2. The highest BCUT2D eigenvalue weighted by Crippen LogP contribution is 2.37. The van der Waals surface area contributed by atoms with Crippen molar-refractivity contribution in [1.29, 1.82) is 0 Å². The van der Waals surface area contributed by atoms with Crippen LogP contribution in [0.25, 0.3) is 21.7 Å². The van der Waals surface area contributed by atoms with Crippen LogP contribution in [0, 0.1) is 0 Å². The van der Waals surface area contributed by atoms with Crippen molar-refractivity contribution in [3.63, 3.8) is 0 Å². The number of hydrogen-bond acceptors (Lipinski definition) is 8. The third kappa shape index (κ3) is 4.36. The van der Waals surface area contributed by atoms with E-state index < -0.39 is 0 Å². The first-order valence-electron chi connectivity index (χ1n) is 10.3. The predicted molar refractivity (Wildman–Crippen MR) is 136 cm³/mol. The fourth-order valence-electron chi connectivity index (χ4n) is 3.68. The number of aliphatic imine (C=N–C) groups is 1. The maximum absolute atomic E-state index is 12.9. The molecular weight excluding hydrogens is 456 g/mol. The Hall–Kier alpha value is -3.23. The molecule has 0 atom stereocenters. The van der Waals surface area contributed by atoms with Gasteiger partial charge in [0.25, 0.3) is 0 Å². The van der Waals surface area contributed by atoms with Crippen LogP contribution >= 0.6 is 23.5 Å². The molecule has 0 aliphatic carbocycles. The Labute approximate surface area is 199 Å². The third-order valence-electron chi connectivity index (χ3n) is 5.24. The fraction of sp³-hybridized carbons (Fsp3) is 0.160. The largest absolute Gasteiger partial charge is 0.493 e. The molecule has 0 N–H and O–H groups in total. The summed E-state index contributed by atoms with van der Waals surface area (Å²) in [6.45, 7) is 0.777. The fourth-order valence-corrected chi connectivity index (χ4v) is 5.53. The van der Waals surface area contributed by atoms with Crippen LogP contribution < -0.4 is 14.2 Å². The lowest BCUT2D eigenvalue weighted by atomic mass is 10.1. The van der Waals surface area contributed by atoms with Crippen molar-refractivity contribution in [3.05, 3.63) is 66.4 Å². The van der Waals surface area contributed by atoms with Gasteiger partial charge in [0.15, 0.2) is 11.5 Å². The summed E-state index contributed by atoms with van der Waals surface area (Å²) in [6.07, 6.45) is 1.70. The maximum Gasteiger partial charge on any atom is 0.226 e. The lowest BCUT2D eigenvalue weighted by molar-refractivity contribution is 0.109. The molecule has 1 aromatic heterocycles. The molecule has 8 heteroatoms. The van der Waals surface area contributed by atoms with Gasteiger partial charge in [0.2, 0.25) is 5.12 Å². The summed E-state index contributed by atoms with van der Waals surface area (Å²) in [7, 11) is 3.19.